The van der Waals surface area contributed by atoms with Crippen LogP contribution in [0.2, 0.25) is 5.02 Å². The number of ketones is 1. The third-order valence-electron chi connectivity index (χ3n) is 2.73. The number of aromatic nitrogens is 1. The van der Waals surface area contributed by atoms with E-state index in [-0.39, 0.29) is 11.7 Å². The molecule has 1 aromatic heterocycles. The average Bonchev–Trinajstić information content (AvgIpc) is 2.38. The Morgan fingerprint density at radius 3 is 2.83 bits per heavy atom. The van der Waals surface area contributed by atoms with Crippen molar-refractivity contribution < 1.29 is 9.59 Å². The second-order valence-corrected chi connectivity index (χ2v) is 5.37. The highest BCUT2D eigenvalue weighted by molar-refractivity contribution is 8.00. The van der Waals surface area contributed by atoms with Crippen LogP contribution in [0.25, 0.3) is 0 Å². The number of piperidine rings is 1. The molecule has 2 heterocycles. The Balaban J connectivity index is 1.85. The fraction of sp³-hybridized carbons (Fsp3) is 0.417. The fourth-order valence-corrected chi connectivity index (χ4v) is 2.77. The van der Waals surface area contributed by atoms with Crippen LogP contribution in [0, 0.1) is 0 Å². The van der Waals surface area contributed by atoms with E-state index < -0.39 is 0 Å². The Morgan fingerprint density at radius 2 is 2.17 bits per heavy atom. The first kappa shape index (κ1) is 13.4. The van der Waals surface area contributed by atoms with Gasteiger partial charge in [0, 0.05) is 32.1 Å². The number of pyridine rings is 1. The summed E-state index contributed by atoms with van der Waals surface area (Å²) in [5, 5.41) is 1.23. The van der Waals surface area contributed by atoms with Gasteiger partial charge in [0.25, 0.3) is 0 Å². The topological polar surface area (TPSA) is 50.3 Å². The number of likely N-dealkylation sites (tertiary alicyclic amines) is 1. The van der Waals surface area contributed by atoms with Gasteiger partial charge in [-0.1, -0.05) is 23.4 Å². The van der Waals surface area contributed by atoms with Gasteiger partial charge in [0.1, 0.15) is 10.8 Å². The normalized spacial score (nSPS) is 15.8. The molecule has 0 atom stereocenters. The van der Waals surface area contributed by atoms with Crippen LogP contribution in [-0.4, -0.2) is 40.4 Å². The van der Waals surface area contributed by atoms with Gasteiger partial charge in [-0.05, 0) is 12.1 Å². The molecular weight excluding hydrogens is 272 g/mol. The number of nitrogens with zero attached hydrogens (tertiary/aromatic N) is 2. The van der Waals surface area contributed by atoms with Crippen LogP contribution in [0.5, 0.6) is 0 Å². The summed E-state index contributed by atoms with van der Waals surface area (Å²) in [4.78, 5) is 28.8. The molecule has 0 aromatic carbocycles. The lowest BCUT2D eigenvalue weighted by atomic mass is 10.1. The smallest absolute Gasteiger partial charge is 0.233 e. The monoisotopic (exact) mass is 284 g/mol. The van der Waals surface area contributed by atoms with Crippen LogP contribution in [0.1, 0.15) is 12.8 Å². The number of hydrogen-bond donors (Lipinski definition) is 0. The highest BCUT2D eigenvalue weighted by Crippen LogP contribution is 2.24. The van der Waals surface area contributed by atoms with E-state index in [0.29, 0.717) is 41.7 Å². The quantitative estimate of drug-likeness (QED) is 0.797. The van der Waals surface area contributed by atoms with Crippen LogP contribution >= 0.6 is 23.4 Å². The molecule has 1 aliphatic heterocycles. The number of rotatable bonds is 3. The summed E-state index contributed by atoms with van der Waals surface area (Å²) in [7, 11) is 0. The minimum Gasteiger partial charge on any atom is -0.341 e. The van der Waals surface area contributed by atoms with Gasteiger partial charge in [-0.25, -0.2) is 4.98 Å². The molecule has 1 amide bonds. The lowest BCUT2D eigenvalue weighted by molar-refractivity contribution is -0.132. The van der Waals surface area contributed by atoms with Crippen LogP contribution in [0.4, 0.5) is 0 Å². The van der Waals surface area contributed by atoms with Gasteiger partial charge in [0.05, 0.1) is 10.8 Å². The largest absolute Gasteiger partial charge is 0.341 e. The van der Waals surface area contributed by atoms with E-state index in [9.17, 15) is 9.59 Å². The van der Waals surface area contributed by atoms with Crippen LogP contribution in [-0.2, 0) is 9.59 Å². The summed E-state index contributed by atoms with van der Waals surface area (Å²) in [6.45, 7) is 1.07. The van der Waals surface area contributed by atoms with Gasteiger partial charge in [0.2, 0.25) is 5.91 Å². The molecule has 0 aliphatic carbocycles. The number of thioether (sulfide) groups is 1. The second kappa shape index (κ2) is 6.20. The highest BCUT2D eigenvalue weighted by Gasteiger charge is 2.20. The molecular formula is C12H13ClN2O2S. The van der Waals surface area contributed by atoms with Gasteiger partial charge < -0.3 is 4.90 Å². The van der Waals surface area contributed by atoms with E-state index in [4.69, 9.17) is 11.6 Å². The second-order valence-electron chi connectivity index (χ2n) is 4.00. The number of Topliss-reactive ketones (excluding diaryl/α,β-unsaturated/α-hetero) is 1. The average molecular weight is 285 g/mol. The molecule has 2 rings (SSSR count). The molecule has 0 N–H and O–H groups in total. The molecule has 0 bridgehead atoms. The predicted octanol–water partition coefficient (Wildman–Crippen LogP) is 2.02. The molecule has 0 saturated carbocycles. The zero-order chi connectivity index (χ0) is 13.0. The maximum atomic E-state index is 11.9. The van der Waals surface area contributed by atoms with Gasteiger partial charge >= 0.3 is 0 Å². The number of amides is 1. The van der Waals surface area contributed by atoms with Crippen molar-refractivity contribution in [2.75, 3.05) is 18.8 Å². The van der Waals surface area contributed by atoms with Gasteiger partial charge in [0.15, 0.2) is 0 Å². The SMILES string of the molecule is O=C1CCN(C(=O)CSc2ncccc2Cl)CC1. The first-order chi connectivity index (χ1) is 8.66. The van der Waals surface area contributed by atoms with E-state index in [0.717, 1.165) is 0 Å². The minimum absolute atomic E-state index is 0.0363. The lowest BCUT2D eigenvalue weighted by Crippen LogP contribution is -2.39. The minimum atomic E-state index is 0.0363. The number of halogens is 1. The molecule has 4 nitrogen and oxygen atoms in total. The van der Waals surface area contributed by atoms with Crippen LogP contribution in [0.3, 0.4) is 0 Å². The fourth-order valence-electron chi connectivity index (χ4n) is 1.70. The summed E-state index contributed by atoms with van der Waals surface area (Å²) in [5.41, 5.74) is 0. The van der Waals surface area contributed by atoms with Crippen LogP contribution < -0.4 is 0 Å². The summed E-state index contributed by atoms with van der Waals surface area (Å²) in [6, 6.07) is 3.51. The van der Waals surface area contributed by atoms with Crippen molar-refractivity contribution in [1.82, 2.24) is 9.88 Å². The molecule has 1 aromatic rings. The first-order valence-electron chi connectivity index (χ1n) is 5.69. The molecule has 0 radical (unpaired) electrons. The molecule has 6 heteroatoms. The summed E-state index contributed by atoms with van der Waals surface area (Å²) in [5.74, 6) is 0.582. The Hall–Kier alpha value is -1.07. The van der Waals surface area contributed by atoms with E-state index >= 15 is 0 Å². The van der Waals surface area contributed by atoms with Crippen molar-refractivity contribution >= 4 is 35.1 Å². The van der Waals surface area contributed by atoms with Crippen molar-refractivity contribution in [2.24, 2.45) is 0 Å². The third kappa shape index (κ3) is 3.46. The first-order valence-corrected chi connectivity index (χ1v) is 7.06. The standard InChI is InChI=1S/C12H13ClN2O2S/c13-10-2-1-5-14-12(10)18-8-11(17)15-6-3-9(16)4-7-15/h1-2,5H,3-4,6-8H2. The van der Waals surface area contributed by atoms with Crippen molar-refractivity contribution in [3.05, 3.63) is 23.4 Å². The molecule has 0 spiro atoms. The van der Waals surface area contributed by atoms with Gasteiger partial charge in [-0.3, -0.25) is 9.59 Å². The molecule has 1 fully saturated rings. The highest BCUT2D eigenvalue weighted by atomic mass is 35.5. The predicted molar refractivity (Wildman–Crippen MR) is 70.8 cm³/mol. The molecule has 0 unspecified atom stereocenters. The molecule has 18 heavy (non-hydrogen) atoms. The van der Waals surface area contributed by atoms with E-state index in [2.05, 4.69) is 4.98 Å². The summed E-state index contributed by atoms with van der Waals surface area (Å²) < 4.78 is 0. The Kier molecular flexibility index (Phi) is 4.60. The van der Waals surface area contributed by atoms with E-state index in [1.54, 1.807) is 23.2 Å². The zero-order valence-corrected chi connectivity index (χ0v) is 11.3. The summed E-state index contributed by atoms with van der Waals surface area (Å²) in [6.07, 6.45) is 2.60. The third-order valence-corrected chi connectivity index (χ3v) is 4.14. The Bertz CT molecular complexity index is 457. The number of hydrogen-bond acceptors (Lipinski definition) is 4. The van der Waals surface area contributed by atoms with Gasteiger partial charge in [-0.15, -0.1) is 0 Å². The maximum absolute atomic E-state index is 11.9. The number of carbonyl (C=O) groups is 2. The maximum Gasteiger partial charge on any atom is 0.233 e. The number of carbonyl (C=O) groups excluding carboxylic acids is 2. The van der Waals surface area contributed by atoms with Gasteiger partial charge in [-0.2, -0.15) is 0 Å². The van der Waals surface area contributed by atoms with E-state index in [1.807, 2.05) is 0 Å². The van der Waals surface area contributed by atoms with Crippen molar-refractivity contribution in [3.8, 4) is 0 Å². The zero-order valence-electron chi connectivity index (χ0n) is 9.76. The van der Waals surface area contributed by atoms with Crippen molar-refractivity contribution in [3.63, 3.8) is 0 Å². The van der Waals surface area contributed by atoms with Crippen molar-refractivity contribution in [1.29, 1.82) is 0 Å². The van der Waals surface area contributed by atoms with Crippen LogP contribution in [0.15, 0.2) is 23.4 Å². The molecule has 96 valence electrons. The summed E-state index contributed by atoms with van der Waals surface area (Å²) >= 11 is 7.29. The Labute approximate surface area is 115 Å². The molecule has 1 aliphatic rings. The Morgan fingerprint density at radius 1 is 1.44 bits per heavy atom. The van der Waals surface area contributed by atoms with Crippen molar-refractivity contribution in [2.45, 2.75) is 17.9 Å². The van der Waals surface area contributed by atoms with E-state index in [1.165, 1.54) is 11.8 Å². The molecule has 1 saturated heterocycles. The lowest BCUT2D eigenvalue weighted by Gasteiger charge is -2.25.